The number of hydrogen-bond acceptors (Lipinski definition) is 2. The minimum absolute atomic E-state index is 0.123. The number of carbonyl (C=O) groups excluding carboxylic acids is 1. The van der Waals surface area contributed by atoms with Crippen molar-refractivity contribution in [2.45, 2.75) is 40.0 Å². The largest absolute Gasteiger partial charge is 0.339 e. The quantitative estimate of drug-likeness (QED) is 0.792. The van der Waals surface area contributed by atoms with Gasteiger partial charge in [0.1, 0.15) is 0 Å². The standard InChI is InChI=1S/C17H23N3O/c1-16(2)12-9-10-17(16,3)14(11-12)19-20-15(21)18-13-7-5-4-6-8-13/h4-8,12H,9-11H2,1-3H3,(H2,18,20,21)/b19-14-/t12-,17+/m1/s1. The lowest BCUT2D eigenvalue weighted by Crippen LogP contribution is -2.35. The number of benzene rings is 1. The molecular weight excluding hydrogens is 262 g/mol. The Labute approximate surface area is 126 Å². The molecule has 1 aromatic carbocycles. The monoisotopic (exact) mass is 285 g/mol. The summed E-state index contributed by atoms with van der Waals surface area (Å²) in [7, 11) is 0. The molecule has 2 bridgehead atoms. The highest BCUT2D eigenvalue weighted by Crippen LogP contribution is 2.63. The molecule has 2 N–H and O–H groups in total. The molecule has 112 valence electrons. The zero-order chi connectivity index (χ0) is 15.1. The molecule has 0 spiro atoms. The Morgan fingerprint density at radius 1 is 1.24 bits per heavy atom. The van der Waals surface area contributed by atoms with Crippen molar-refractivity contribution in [1.82, 2.24) is 5.43 Å². The summed E-state index contributed by atoms with van der Waals surface area (Å²) in [5.74, 6) is 0.695. The van der Waals surface area contributed by atoms with Crippen molar-refractivity contribution in [3.8, 4) is 0 Å². The predicted octanol–water partition coefficient (Wildman–Crippen LogP) is 4.01. The molecule has 0 saturated heterocycles. The van der Waals surface area contributed by atoms with Gasteiger partial charge in [-0.3, -0.25) is 0 Å². The highest BCUT2D eigenvalue weighted by Gasteiger charge is 2.59. The van der Waals surface area contributed by atoms with Crippen LogP contribution in [0.4, 0.5) is 10.5 Å². The van der Waals surface area contributed by atoms with Gasteiger partial charge in [-0.05, 0) is 42.7 Å². The molecule has 2 amide bonds. The van der Waals surface area contributed by atoms with Gasteiger partial charge in [-0.1, -0.05) is 39.0 Å². The van der Waals surface area contributed by atoms with Gasteiger partial charge in [-0.15, -0.1) is 0 Å². The van der Waals surface area contributed by atoms with Crippen molar-refractivity contribution in [2.24, 2.45) is 21.8 Å². The molecular formula is C17H23N3O. The molecule has 0 unspecified atom stereocenters. The Bertz CT molecular complexity index is 579. The Kier molecular flexibility index (Phi) is 3.27. The molecule has 0 heterocycles. The first-order valence-corrected chi connectivity index (χ1v) is 7.62. The number of urea groups is 1. The predicted molar refractivity (Wildman–Crippen MR) is 85.3 cm³/mol. The first kappa shape index (κ1) is 14.1. The Balaban J connectivity index is 1.66. The highest BCUT2D eigenvalue weighted by atomic mass is 16.2. The molecule has 0 radical (unpaired) electrons. The van der Waals surface area contributed by atoms with Crippen molar-refractivity contribution in [3.63, 3.8) is 0 Å². The van der Waals surface area contributed by atoms with Crippen molar-refractivity contribution in [2.75, 3.05) is 5.32 Å². The molecule has 2 atom stereocenters. The van der Waals surface area contributed by atoms with E-state index in [1.54, 1.807) is 0 Å². The maximum absolute atomic E-state index is 11.9. The summed E-state index contributed by atoms with van der Waals surface area (Å²) >= 11 is 0. The van der Waals surface area contributed by atoms with E-state index in [1.807, 2.05) is 30.3 Å². The Morgan fingerprint density at radius 2 is 1.95 bits per heavy atom. The summed E-state index contributed by atoms with van der Waals surface area (Å²) in [4.78, 5) is 11.9. The van der Waals surface area contributed by atoms with Gasteiger partial charge in [0, 0.05) is 16.8 Å². The van der Waals surface area contributed by atoms with Crippen molar-refractivity contribution in [3.05, 3.63) is 30.3 Å². The van der Waals surface area contributed by atoms with Gasteiger partial charge >= 0.3 is 6.03 Å². The number of nitrogens with one attached hydrogen (secondary N) is 2. The van der Waals surface area contributed by atoms with Crippen LogP contribution in [0.2, 0.25) is 0 Å². The number of amides is 2. The second kappa shape index (κ2) is 4.86. The first-order chi connectivity index (χ1) is 9.93. The summed E-state index contributed by atoms with van der Waals surface area (Å²) in [5, 5.41) is 7.21. The van der Waals surface area contributed by atoms with Crippen LogP contribution < -0.4 is 10.7 Å². The lowest BCUT2D eigenvalue weighted by Gasteiger charge is -2.34. The lowest BCUT2D eigenvalue weighted by molar-refractivity contribution is 0.193. The van der Waals surface area contributed by atoms with E-state index in [9.17, 15) is 4.79 Å². The molecule has 0 aliphatic heterocycles. The average molecular weight is 285 g/mol. The molecule has 3 rings (SSSR count). The molecule has 0 aromatic heterocycles. The molecule has 4 nitrogen and oxygen atoms in total. The van der Waals surface area contributed by atoms with Crippen LogP contribution in [0.3, 0.4) is 0 Å². The number of hydrogen-bond donors (Lipinski definition) is 2. The molecule has 4 heteroatoms. The van der Waals surface area contributed by atoms with Crippen LogP contribution in [0.15, 0.2) is 35.4 Å². The number of para-hydroxylation sites is 1. The number of anilines is 1. The molecule has 2 aliphatic carbocycles. The summed E-state index contributed by atoms with van der Waals surface area (Å²) in [6.07, 6.45) is 3.46. The number of nitrogens with zero attached hydrogens (tertiary/aromatic N) is 1. The minimum atomic E-state index is -0.280. The fourth-order valence-electron chi connectivity index (χ4n) is 3.90. The van der Waals surface area contributed by atoms with Gasteiger partial charge in [0.05, 0.1) is 0 Å². The minimum Gasteiger partial charge on any atom is -0.307 e. The second-order valence-corrected chi connectivity index (χ2v) is 6.98. The molecule has 2 aliphatic rings. The number of rotatable bonds is 2. The maximum Gasteiger partial charge on any atom is 0.339 e. The summed E-state index contributed by atoms with van der Waals surface area (Å²) < 4.78 is 0. The van der Waals surface area contributed by atoms with Crippen molar-refractivity contribution in [1.29, 1.82) is 0 Å². The summed E-state index contributed by atoms with van der Waals surface area (Å²) in [5.41, 5.74) is 4.98. The van der Waals surface area contributed by atoms with Crippen LogP contribution >= 0.6 is 0 Å². The maximum atomic E-state index is 11.9. The van der Waals surface area contributed by atoms with E-state index in [0.717, 1.165) is 17.8 Å². The summed E-state index contributed by atoms with van der Waals surface area (Å²) in [6, 6.07) is 9.13. The van der Waals surface area contributed by atoms with Crippen molar-refractivity contribution < 1.29 is 4.79 Å². The van der Waals surface area contributed by atoms with Crippen LogP contribution in [0.5, 0.6) is 0 Å². The van der Waals surface area contributed by atoms with E-state index in [4.69, 9.17) is 0 Å². The van der Waals surface area contributed by atoms with Crippen molar-refractivity contribution >= 4 is 17.4 Å². The van der Waals surface area contributed by atoms with Crippen LogP contribution in [-0.4, -0.2) is 11.7 Å². The van der Waals surface area contributed by atoms with Gasteiger partial charge in [0.2, 0.25) is 0 Å². The molecule has 21 heavy (non-hydrogen) atoms. The Hall–Kier alpha value is -1.84. The third-order valence-electron chi connectivity index (χ3n) is 5.84. The van der Waals surface area contributed by atoms with Gasteiger partial charge in [-0.25, -0.2) is 10.2 Å². The molecule has 2 saturated carbocycles. The van der Waals surface area contributed by atoms with E-state index in [-0.39, 0.29) is 16.9 Å². The fraction of sp³-hybridized carbons (Fsp3) is 0.529. The van der Waals surface area contributed by atoms with E-state index in [2.05, 4.69) is 36.6 Å². The van der Waals surface area contributed by atoms with E-state index in [0.29, 0.717) is 5.92 Å². The Morgan fingerprint density at radius 3 is 2.52 bits per heavy atom. The third-order valence-corrected chi connectivity index (χ3v) is 5.84. The van der Waals surface area contributed by atoms with Crippen LogP contribution in [-0.2, 0) is 0 Å². The zero-order valence-electron chi connectivity index (χ0n) is 12.9. The third kappa shape index (κ3) is 2.23. The van der Waals surface area contributed by atoms with Gasteiger partial charge in [0.25, 0.3) is 0 Å². The van der Waals surface area contributed by atoms with E-state index >= 15 is 0 Å². The number of hydrazone groups is 1. The lowest BCUT2D eigenvalue weighted by atomic mass is 9.70. The van der Waals surface area contributed by atoms with E-state index < -0.39 is 0 Å². The van der Waals surface area contributed by atoms with Gasteiger partial charge in [0.15, 0.2) is 0 Å². The smallest absolute Gasteiger partial charge is 0.307 e. The van der Waals surface area contributed by atoms with Crippen LogP contribution in [0, 0.1) is 16.7 Å². The average Bonchev–Trinajstić information content (AvgIpc) is 2.79. The van der Waals surface area contributed by atoms with Gasteiger partial charge < -0.3 is 5.32 Å². The van der Waals surface area contributed by atoms with Gasteiger partial charge in [-0.2, -0.15) is 5.10 Å². The van der Waals surface area contributed by atoms with Crippen LogP contribution in [0.25, 0.3) is 0 Å². The topological polar surface area (TPSA) is 53.5 Å². The van der Waals surface area contributed by atoms with Crippen LogP contribution in [0.1, 0.15) is 40.0 Å². The second-order valence-electron chi connectivity index (χ2n) is 6.98. The molecule has 1 aromatic rings. The molecule has 2 fully saturated rings. The SMILES string of the molecule is CC1(C)[C@@H]2CC[C@@]1(C)/C(=N\NC(=O)Nc1ccccc1)C2. The highest BCUT2D eigenvalue weighted by molar-refractivity contribution is 5.96. The first-order valence-electron chi connectivity index (χ1n) is 7.62. The fourth-order valence-corrected chi connectivity index (χ4v) is 3.90. The zero-order valence-corrected chi connectivity index (χ0v) is 12.9. The van der Waals surface area contributed by atoms with E-state index in [1.165, 1.54) is 12.8 Å². The number of carbonyl (C=O) groups is 1. The summed E-state index contributed by atoms with van der Waals surface area (Å²) in [6.45, 7) is 6.95. The number of fused-ring (bicyclic) bond motifs is 2. The normalized spacial score (nSPS) is 31.4.